The number of aryl methyl sites for hydroxylation is 1. The van der Waals surface area contributed by atoms with E-state index >= 15 is 0 Å². The molecule has 0 aromatic heterocycles. The normalized spacial score (nSPS) is 22.6. The maximum atomic E-state index is 13.8. The van der Waals surface area contributed by atoms with Crippen LogP contribution in [0.25, 0.3) is 0 Å². The fourth-order valence-corrected chi connectivity index (χ4v) is 4.38. The third-order valence-corrected chi connectivity index (χ3v) is 5.94. The van der Waals surface area contributed by atoms with Crippen LogP contribution in [-0.4, -0.2) is 43.8 Å². The Bertz CT molecular complexity index is 801. The Labute approximate surface area is 172 Å². The smallest absolute Gasteiger partial charge is 0.417 e. The van der Waals surface area contributed by atoms with Gasteiger partial charge >= 0.3 is 6.09 Å². The molecule has 1 aromatic rings. The van der Waals surface area contributed by atoms with Crippen molar-refractivity contribution in [2.75, 3.05) is 20.8 Å². The van der Waals surface area contributed by atoms with Gasteiger partial charge in [0, 0.05) is 0 Å². The third-order valence-electron chi connectivity index (χ3n) is 5.94. The van der Waals surface area contributed by atoms with Crippen LogP contribution in [0.3, 0.4) is 0 Å². The van der Waals surface area contributed by atoms with Crippen LogP contribution in [0.1, 0.15) is 50.2 Å². The van der Waals surface area contributed by atoms with Crippen LogP contribution < -0.4 is 9.47 Å². The quantitative estimate of drug-likeness (QED) is 0.659. The Balaban J connectivity index is 2.07. The van der Waals surface area contributed by atoms with Gasteiger partial charge in [0.1, 0.15) is 6.61 Å². The number of cyclic esters (lactones) is 1. The summed E-state index contributed by atoms with van der Waals surface area (Å²) in [6.07, 6.45) is 6.64. The number of carbonyl (C=O) groups is 2. The summed E-state index contributed by atoms with van der Waals surface area (Å²) in [5.41, 5.74) is 1.73. The predicted octanol–water partition coefficient (Wildman–Crippen LogP) is 4.46. The molecule has 2 aliphatic rings. The lowest BCUT2D eigenvalue weighted by molar-refractivity contribution is -0.132. The number of nitrogens with zero attached hydrogens (tertiary/aromatic N) is 1. The number of allylic oxidation sites excluding steroid dienone is 2. The van der Waals surface area contributed by atoms with Crippen molar-refractivity contribution in [3.8, 4) is 11.5 Å². The molecule has 6 nitrogen and oxygen atoms in total. The predicted molar refractivity (Wildman–Crippen MR) is 110 cm³/mol. The summed E-state index contributed by atoms with van der Waals surface area (Å²) >= 11 is 0. The molecule has 1 aliphatic heterocycles. The summed E-state index contributed by atoms with van der Waals surface area (Å²) in [7, 11) is 3.19. The molecule has 0 bridgehead atoms. The Hall–Kier alpha value is -2.50. The number of hydrogen-bond acceptors (Lipinski definition) is 5. The fraction of sp³-hybridized carbons (Fsp3) is 0.565. The van der Waals surface area contributed by atoms with Crippen molar-refractivity contribution in [1.82, 2.24) is 4.90 Å². The highest BCUT2D eigenvalue weighted by molar-refractivity contribution is 5.97. The van der Waals surface area contributed by atoms with E-state index in [0.29, 0.717) is 11.5 Å². The monoisotopic (exact) mass is 401 g/mol. The first-order chi connectivity index (χ1) is 13.9. The van der Waals surface area contributed by atoms with Gasteiger partial charge in [-0.25, -0.2) is 9.69 Å². The molecule has 0 saturated carbocycles. The topological polar surface area (TPSA) is 65.1 Å². The minimum atomic E-state index is -0.546. The number of hydrogen-bond donors (Lipinski definition) is 0. The van der Waals surface area contributed by atoms with E-state index in [1.165, 1.54) is 4.90 Å². The van der Waals surface area contributed by atoms with E-state index in [4.69, 9.17) is 14.2 Å². The van der Waals surface area contributed by atoms with Crippen LogP contribution in [0, 0.1) is 18.8 Å². The van der Waals surface area contributed by atoms with E-state index in [-0.39, 0.29) is 30.4 Å². The van der Waals surface area contributed by atoms with Crippen molar-refractivity contribution in [3.63, 3.8) is 0 Å². The van der Waals surface area contributed by atoms with E-state index in [1.807, 2.05) is 32.9 Å². The summed E-state index contributed by atoms with van der Waals surface area (Å²) in [5.74, 6) is 0.716. The summed E-state index contributed by atoms with van der Waals surface area (Å²) in [6.45, 7) is 6.19. The number of imide groups is 1. The second-order valence-electron chi connectivity index (χ2n) is 8.17. The van der Waals surface area contributed by atoms with Crippen LogP contribution in [0.4, 0.5) is 4.79 Å². The van der Waals surface area contributed by atoms with Crippen LogP contribution in [0.5, 0.6) is 11.5 Å². The second-order valence-corrected chi connectivity index (χ2v) is 8.17. The summed E-state index contributed by atoms with van der Waals surface area (Å²) in [4.78, 5) is 27.6. The number of carbonyl (C=O) groups excluding carboxylic acids is 2. The molecule has 2 amide bonds. The molecule has 1 aromatic carbocycles. The van der Waals surface area contributed by atoms with Gasteiger partial charge in [-0.05, 0) is 55.2 Å². The molecule has 1 aliphatic carbocycles. The van der Waals surface area contributed by atoms with Gasteiger partial charge < -0.3 is 14.2 Å². The summed E-state index contributed by atoms with van der Waals surface area (Å²) < 4.78 is 16.2. The highest BCUT2D eigenvalue weighted by Crippen LogP contribution is 2.41. The van der Waals surface area contributed by atoms with Gasteiger partial charge in [0.2, 0.25) is 5.91 Å². The van der Waals surface area contributed by atoms with Crippen LogP contribution in [0.2, 0.25) is 0 Å². The van der Waals surface area contributed by atoms with Gasteiger partial charge in [-0.15, -0.1) is 0 Å². The standard InChI is InChI=1S/C23H31NO5/c1-14(2)18-13-29-23(26)24(18)22(25)20(16-9-7-6-8-10-16)17-11-15(3)21(28-5)19(12-17)27-4/h7,9,11-12,14,16,18,20H,6,8,10,13H2,1-5H3/t16-,18-,20+/m1/s1. The first kappa shape index (κ1) is 21.2. The van der Waals surface area contributed by atoms with Gasteiger partial charge in [0.15, 0.2) is 11.5 Å². The number of rotatable bonds is 6. The molecule has 6 heteroatoms. The molecule has 158 valence electrons. The van der Waals surface area contributed by atoms with Crippen molar-refractivity contribution >= 4 is 12.0 Å². The second kappa shape index (κ2) is 8.89. The number of benzene rings is 1. The molecule has 0 N–H and O–H groups in total. The largest absolute Gasteiger partial charge is 0.493 e. The molecular weight excluding hydrogens is 370 g/mol. The first-order valence-electron chi connectivity index (χ1n) is 10.3. The van der Waals surface area contributed by atoms with E-state index in [9.17, 15) is 9.59 Å². The third kappa shape index (κ3) is 4.11. The maximum Gasteiger partial charge on any atom is 0.417 e. The molecule has 1 fully saturated rings. The lowest BCUT2D eigenvalue weighted by atomic mass is 9.78. The van der Waals surface area contributed by atoms with E-state index in [0.717, 1.165) is 30.4 Å². The molecule has 29 heavy (non-hydrogen) atoms. The molecule has 1 saturated heterocycles. The Morgan fingerprint density at radius 1 is 1.24 bits per heavy atom. The minimum absolute atomic E-state index is 0.0231. The SMILES string of the molecule is COc1cc([C@@H](C(=O)N2C(=O)OC[C@@H]2C(C)C)[C@@H]2C=CCCC2)cc(C)c1OC. The zero-order chi connectivity index (χ0) is 21.1. The zero-order valence-electron chi connectivity index (χ0n) is 17.9. The number of amides is 2. The molecule has 3 atom stereocenters. The first-order valence-corrected chi connectivity index (χ1v) is 10.3. The van der Waals surface area contributed by atoms with Gasteiger partial charge in [0.05, 0.1) is 26.2 Å². The maximum absolute atomic E-state index is 13.8. The lowest BCUT2D eigenvalue weighted by Gasteiger charge is -2.32. The molecule has 0 spiro atoms. The number of ether oxygens (including phenoxy) is 3. The van der Waals surface area contributed by atoms with Crippen LogP contribution in [-0.2, 0) is 9.53 Å². The van der Waals surface area contributed by atoms with Crippen molar-refractivity contribution in [3.05, 3.63) is 35.4 Å². The zero-order valence-corrected chi connectivity index (χ0v) is 17.9. The van der Waals surface area contributed by atoms with Crippen molar-refractivity contribution in [2.45, 2.75) is 52.0 Å². The Morgan fingerprint density at radius 3 is 2.59 bits per heavy atom. The van der Waals surface area contributed by atoms with Gasteiger partial charge in [-0.2, -0.15) is 0 Å². The molecule has 0 radical (unpaired) electrons. The van der Waals surface area contributed by atoms with Gasteiger partial charge in [-0.1, -0.05) is 32.1 Å². The fourth-order valence-electron chi connectivity index (χ4n) is 4.38. The van der Waals surface area contributed by atoms with Gasteiger partial charge in [0.25, 0.3) is 0 Å². The Kier molecular flexibility index (Phi) is 6.50. The summed E-state index contributed by atoms with van der Waals surface area (Å²) in [5, 5.41) is 0. The molecule has 1 heterocycles. The molecular formula is C23H31NO5. The average molecular weight is 402 g/mol. The van der Waals surface area contributed by atoms with E-state index < -0.39 is 12.0 Å². The van der Waals surface area contributed by atoms with Crippen molar-refractivity contribution in [2.24, 2.45) is 11.8 Å². The van der Waals surface area contributed by atoms with E-state index in [1.54, 1.807) is 14.2 Å². The van der Waals surface area contributed by atoms with Crippen molar-refractivity contribution < 1.29 is 23.8 Å². The Morgan fingerprint density at radius 2 is 2.00 bits per heavy atom. The highest BCUT2D eigenvalue weighted by atomic mass is 16.6. The average Bonchev–Trinajstić information content (AvgIpc) is 3.10. The highest BCUT2D eigenvalue weighted by Gasteiger charge is 2.44. The van der Waals surface area contributed by atoms with E-state index in [2.05, 4.69) is 12.2 Å². The number of methoxy groups -OCH3 is 2. The molecule has 3 rings (SSSR count). The minimum Gasteiger partial charge on any atom is -0.493 e. The molecule has 0 unspecified atom stereocenters. The van der Waals surface area contributed by atoms with Crippen molar-refractivity contribution in [1.29, 1.82) is 0 Å². The lowest BCUT2D eigenvalue weighted by Crippen LogP contribution is -2.45. The van der Waals surface area contributed by atoms with Crippen LogP contribution in [0.15, 0.2) is 24.3 Å². The van der Waals surface area contributed by atoms with Crippen LogP contribution >= 0.6 is 0 Å². The summed E-state index contributed by atoms with van der Waals surface area (Å²) in [6, 6.07) is 3.59. The van der Waals surface area contributed by atoms with Gasteiger partial charge in [-0.3, -0.25) is 4.79 Å².